The summed E-state index contributed by atoms with van der Waals surface area (Å²) in [6.07, 6.45) is 8.61. The lowest BCUT2D eigenvalue weighted by molar-refractivity contribution is -0.141. The van der Waals surface area contributed by atoms with E-state index in [0.29, 0.717) is 30.4 Å². The number of allylic oxidation sites excluding steroid dienone is 1. The van der Waals surface area contributed by atoms with Crippen LogP contribution in [0.5, 0.6) is 11.6 Å². The molecule has 0 unspecified atom stereocenters. The molecule has 2 aliphatic heterocycles. The second kappa shape index (κ2) is 12.5. The van der Waals surface area contributed by atoms with Gasteiger partial charge >= 0.3 is 0 Å². The highest BCUT2D eigenvalue weighted by Crippen LogP contribution is 2.46. The first-order chi connectivity index (χ1) is 21.9. The molecule has 4 N–H and O–H groups in total. The number of hydrogen-bond donors (Lipinski definition) is 3. The molecular formula is C33H43N5O7S. The minimum atomic E-state index is -3.84. The van der Waals surface area contributed by atoms with Crippen LogP contribution in [0.1, 0.15) is 58.8 Å². The zero-order valence-corrected chi connectivity index (χ0v) is 27.3. The number of hydrogen-bond acceptors (Lipinski definition) is 9. The predicted molar refractivity (Wildman–Crippen MR) is 171 cm³/mol. The first-order valence-electron chi connectivity index (χ1n) is 16.1. The monoisotopic (exact) mass is 653 g/mol. The molecule has 12 nitrogen and oxygen atoms in total. The molecule has 248 valence electrons. The zero-order valence-electron chi connectivity index (χ0n) is 26.5. The van der Waals surface area contributed by atoms with E-state index in [1.807, 2.05) is 43.3 Å². The minimum absolute atomic E-state index is 0.0908. The number of fused-ring (bicyclic) bond motifs is 3. The molecule has 3 amide bonds. The van der Waals surface area contributed by atoms with Gasteiger partial charge in [0.2, 0.25) is 27.7 Å². The van der Waals surface area contributed by atoms with Crippen molar-refractivity contribution >= 4 is 38.5 Å². The molecule has 2 aromatic rings. The minimum Gasteiger partial charge on any atom is -0.494 e. The van der Waals surface area contributed by atoms with Gasteiger partial charge in [-0.05, 0) is 56.4 Å². The van der Waals surface area contributed by atoms with E-state index >= 15 is 0 Å². The SMILES string of the molecule is COc1cnc(O[C@@H]2C[C@H]3C(=O)N[C@]4(C(=O)NS(=O)(=O)C5CC5)C[C@H]4/C=C\CC[C@@H](C)C[C@@H](C)[C@H](N)C(=O)N3C2)c2ccccc12. The third-order valence-corrected chi connectivity index (χ3v) is 11.7. The molecule has 46 heavy (non-hydrogen) atoms. The Hall–Kier alpha value is -3.71. The Bertz CT molecular complexity index is 1660. The maximum atomic E-state index is 14.1. The summed E-state index contributed by atoms with van der Waals surface area (Å²) < 4.78 is 39.5. The number of pyridine rings is 1. The van der Waals surface area contributed by atoms with E-state index < -0.39 is 50.8 Å². The van der Waals surface area contributed by atoms with Gasteiger partial charge in [-0.2, -0.15) is 0 Å². The molecule has 2 aliphatic carbocycles. The molecule has 4 aliphatic rings. The number of aromatic nitrogens is 1. The third-order valence-electron chi connectivity index (χ3n) is 9.90. The number of nitrogens with zero attached hydrogens (tertiary/aromatic N) is 2. The van der Waals surface area contributed by atoms with Crippen LogP contribution in [-0.2, 0) is 24.4 Å². The Kier molecular flexibility index (Phi) is 8.75. The first kappa shape index (κ1) is 32.2. The average Bonchev–Trinajstić information content (AvgIpc) is 3.95. The van der Waals surface area contributed by atoms with Crippen molar-refractivity contribution in [1.82, 2.24) is 19.9 Å². The molecule has 13 heteroatoms. The maximum absolute atomic E-state index is 14.1. The van der Waals surface area contributed by atoms with E-state index in [9.17, 15) is 22.8 Å². The number of methoxy groups -OCH3 is 1. The number of amides is 3. The molecule has 3 heterocycles. The summed E-state index contributed by atoms with van der Waals surface area (Å²) in [6, 6.07) is 5.68. The summed E-state index contributed by atoms with van der Waals surface area (Å²) in [4.78, 5) is 47.5. The molecular weight excluding hydrogens is 610 g/mol. The first-order valence-corrected chi connectivity index (χ1v) is 17.7. The summed E-state index contributed by atoms with van der Waals surface area (Å²) in [5.41, 5.74) is 5.12. The average molecular weight is 654 g/mol. The Morgan fingerprint density at radius 1 is 1.13 bits per heavy atom. The third kappa shape index (κ3) is 6.31. The van der Waals surface area contributed by atoms with Crippen molar-refractivity contribution in [2.75, 3.05) is 13.7 Å². The number of nitrogens with two attached hydrogens (primary N) is 1. The van der Waals surface area contributed by atoms with Gasteiger partial charge < -0.3 is 25.4 Å². The van der Waals surface area contributed by atoms with Crippen molar-refractivity contribution < 1.29 is 32.3 Å². The number of carbonyl (C=O) groups is 3. The van der Waals surface area contributed by atoms with Crippen LogP contribution in [0.2, 0.25) is 0 Å². The zero-order chi connectivity index (χ0) is 32.8. The number of benzene rings is 1. The number of rotatable bonds is 6. The highest BCUT2D eigenvalue weighted by molar-refractivity contribution is 7.91. The lowest BCUT2D eigenvalue weighted by Crippen LogP contribution is -2.58. The van der Waals surface area contributed by atoms with Crippen LogP contribution in [0.15, 0.2) is 42.6 Å². The molecule has 7 atom stereocenters. The van der Waals surface area contributed by atoms with Gasteiger partial charge in [-0.3, -0.25) is 19.1 Å². The van der Waals surface area contributed by atoms with E-state index in [4.69, 9.17) is 15.2 Å². The summed E-state index contributed by atoms with van der Waals surface area (Å²) in [6.45, 7) is 4.17. The lowest BCUT2D eigenvalue weighted by atomic mass is 9.88. The van der Waals surface area contributed by atoms with E-state index in [2.05, 4.69) is 21.9 Å². The number of carbonyl (C=O) groups excluding carboxylic acids is 3. The lowest BCUT2D eigenvalue weighted by Gasteiger charge is -2.30. The van der Waals surface area contributed by atoms with Gasteiger partial charge in [-0.15, -0.1) is 0 Å². The van der Waals surface area contributed by atoms with Crippen molar-refractivity contribution in [3.63, 3.8) is 0 Å². The van der Waals surface area contributed by atoms with Crippen LogP contribution in [0.4, 0.5) is 0 Å². The van der Waals surface area contributed by atoms with Crippen molar-refractivity contribution in [3.05, 3.63) is 42.6 Å². The normalized spacial score (nSPS) is 32.7. The quantitative estimate of drug-likeness (QED) is 0.396. The van der Waals surface area contributed by atoms with Crippen LogP contribution < -0.4 is 25.2 Å². The molecule has 1 saturated heterocycles. The van der Waals surface area contributed by atoms with Crippen LogP contribution in [0.3, 0.4) is 0 Å². The van der Waals surface area contributed by atoms with Crippen molar-refractivity contribution in [1.29, 1.82) is 0 Å². The second-order valence-electron chi connectivity index (χ2n) is 13.5. The fourth-order valence-electron chi connectivity index (χ4n) is 6.87. The van der Waals surface area contributed by atoms with Gasteiger partial charge in [-0.25, -0.2) is 13.4 Å². The fourth-order valence-corrected chi connectivity index (χ4v) is 8.24. The summed E-state index contributed by atoms with van der Waals surface area (Å²) in [5, 5.41) is 3.83. The molecule has 0 bridgehead atoms. The van der Waals surface area contributed by atoms with Crippen molar-refractivity contribution in [2.24, 2.45) is 23.5 Å². The Labute approximate surface area is 269 Å². The molecule has 0 radical (unpaired) electrons. The molecule has 1 aromatic carbocycles. The van der Waals surface area contributed by atoms with Crippen LogP contribution in [-0.4, -0.2) is 78.7 Å². The number of nitrogens with one attached hydrogen (secondary N) is 2. The molecule has 0 spiro atoms. The van der Waals surface area contributed by atoms with Crippen LogP contribution in [0, 0.1) is 17.8 Å². The van der Waals surface area contributed by atoms with Crippen molar-refractivity contribution in [3.8, 4) is 11.6 Å². The van der Waals surface area contributed by atoms with Crippen LogP contribution in [0.25, 0.3) is 10.8 Å². The van der Waals surface area contributed by atoms with E-state index in [1.54, 1.807) is 13.3 Å². The molecule has 2 saturated carbocycles. The van der Waals surface area contributed by atoms with Gasteiger partial charge in [-0.1, -0.05) is 44.2 Å². The second-order valence-corrected chi connectivity index (χ2v) is 15.4. The van der Waals surface area contributed by atoms with Crippen LogP contribution >= 0.6 is 0 Å². The fraction of sp³-hybridized carbons (Fsp3) is 0.576. The van der Waals surface area contributed by atoms with E-state index in [1.165, 1.54) is 4.90 Å². The van der Waals surface area contributed by atoms with E-state index in [-0.39, 0.29) is 37.1 Å². The smallest absolute Gasteiger partial charge is 0.259 e. The Morgan fingerprint density at radius 2 is 1.87 bits per heavy atom. The maximum Gasteiger partial charge on any atom is 0.259 e. The Morgan fingerprint density at radius 3 is 2.59 bits per heavy atom. The molecule has 6 rings (SSSR count). The molecule has 1 aromatic heterocycles. The van der Waals surface area contributed by atoms with Crippen molar-refractivity contribution in [2.45, 2.75) is 87.8 Å². The number of ether oxygens (including phenoxy) is 2. The van der Waals surface area contributed by atoms with Gasteiger partial charge in [0.15, 0.2) is 0 Å². The largest absolute Gasteiger partial charge is 0.494 e. The van der Waals surface area contributed by atoms with Gasteiger partial charge in [0.05, 0.1) is 31.1 Å². The summed E-state index contributed by atoms with van der Waals surface area (Å²) >= 11 is 0. The van der Waals surface area contributed by atoms with Gasteiger partial charge in [0.1, 0.15) is 23.4 Å². The predicted octanol–water partition coefficient (Wildman–Crippen LogP) is 2.41. The van der Waals surface area contributed by atoms with Gasteiger partial charge in [0, 0.05) is 23.1 Å². The van der Waals surface area contributed by atoms with E-state index in [0.717, 1.165) is 30.0 Å². The highest BCUT2D eigenvalue weighted by Gasteiger charge is 2.62. The Balaban J connectivity index is 1.30. The summed E-state index contributed by atoms with van der Waals surface area (Å²) in [5.74, 6) is -0.950. The highest BCUT2D eigenvalue weighted by atomic mass is 32.2. The van der Waals surface area contributed by atoms with Gasteiger partial charge in [0.25, 0.3) is 5.91 Å². The summed E-state index contributed by atoms with van der Waals surface area (Å²) in [7, 11) is -2.27. The topological polar surface area (TPSA) is 170 Å². The standard InChI is InChI=1S/C33H43N5O7S/c1-19-8-4-5-9-21-16-33(21,32(41)37-46(42,43)23-12-13-23)36-29(39)26-15-22(18-38(26)31(40)28(34)20(2)14-19)45-30-25-11-7-6-10-24(25)27(44-3)17-35-30/h5-7,9-11,17,19-23,26,28H,4,8,12-16,18,34H2,1-3H3,(H,36,39)(H,37,41)/b9-5-/t19-,20-,21-,22-,26+,28+,33-/m1/s1. The number of sulfonamides is 1. The molecule has 3 fully saturated rings.